The zero-order valence-corrected chi connectivity index (χ0v) is 9.08. The first kappa shape index (κ1) is 13.1. The summed E-state index contributed by atoms with van der Waals surface area (Å²) in [7, 11) is -4.30. The Morgan fingerprint density at radius 1 is 1.23 bits per heavy atom. The van der Waals surface area contributed by atoms with Crippen molar-refractivity contribution in [1.29, 1.82) is 0 Å². The van der Waals surface area contributed by atoms with Crippen LogP contribution >= 0.6 is 7.82 Å². The number of phosphoric ester groups is 1. The molecule has 0 heterocycles. The second-order valence-electron chi connectivity index (χ2n) is 3.64. The molecule has 13 heavy (non-hydrogen) atoms. The molecule has 0 unspecified atom stereocenters. The third-order valence-electron chi connectivity index (χ3n) is 1.08. The quantitative estimate of drug-likeness (QED) is 0.530. The highest BCUT2D eigenvalue weighted by Gasteiger charge is 2.13. The number of hydrogen-bond donors (Lipinski definition) is 2. The van der Waals surface area contributed by atoms with Crippen molar-refractivity contribution < 1.29 is 23.6 Å². The van der Waals surface area contributed by atoms with Gasteiger partial charge in [0.05, 0.1) is 12.2 Å². The molecule has 0 aliphatic carbocycles. The molecule has 6 heteroatoms. The summed E-state index contributed by atoms with van der Waals surface area (Å²) < 4.78 is 19.8. The van der Waals surface area contributed by atoms with Crippen molar-refractivity contribution in [2.75, 3.05) is 13.2 Å². The monoisotopic (exact) mass is 212 g/mol. The van der Waals surface area contributed by atoms with Gasteiger partial charge in [-0.1, -0.05) is 0 Å². The molecule has 0 aromatic carbocycles. The first-order chi connectivity index (χ1) is 5.71. The summed E-state index contributed by atoms with van der Waals surface area (Å²) in [5, 5.41) is 0. The van der Waals surface area contributed by atoms with Gasteiger partial charge < -0.3 is 14.5 Å². The minimum atomic E-state index is -4.30. The van der Waals surface area contributed by atoms with Gasteiger partial charge in [0.25, 0.3) is 0 Å². The lowest BCUT2D eigenvalue weighted by Gasteiger charge is -2.19. The predicted molar refractivity (Wildman–Crippen MR) is 48.3 cm³/mol. The topological polar surface area (TPSA) is 76.0 Å². The van der Waals surface area contributed by atoms with Crippen LogP contribution in [0.4, 0.5) is 0 Å². The van der Waals surface area contributed by atoms with E-state index in [1.165, 1.54) is 0 Å². The van der Waals surface area contributed by atoms with Crippen LogP contribution in [0.1, 0.15) is 27.2 Å². The third kappa shape index (κ3) is 12.1. The molecule has 0 rings (SSSR count). The van der Waals surface area contributed by atoms with Crippen LogP contribution < -0.4 is 0 Å². The van der Waals surface area contributed by atoms with Crippen LogP contribution in [0.15, 0.2) is 0 Å². The first-order valence-corrected chi connectivity index (χ1v) is 5.58. The average molecular weight is 212 g/mol. The van der Waals surface area contributed by atoms with Gasteiger partial charge in [-0.3, -0.25) is 4.52 Å². The van der Waals surface area contributed by atoms with Crippen molar-refractivity contribution in [3.8, 4) is 0 Å². The molecule has 2 N–H and O–H groups in total. The third-order valence-corrected chi connectivity index (χ3v) is 1.60. The molecule has 5 nitrogen and oxygen atoms in total. The lowest BCUT2D eigenvalue weighted by atomic mass is 10.2. The summed E-state index contributed by atoms with van der Waals surface area (Å²) in [5.41, 5.74) is -0.220. The number of phosphoric acid groups is 1. The van der Waals surface area contributed by atoms with Crippen molar-refractivity contribution in [1.82, 2.24) is 0 Å². The molecule has 0 aromatic heterocycles. The summed E-state index contributed by atoms with van der Waals surface area (Å²) in [5.74, 6) is 0. The molecule has 0 radical (unpaired) electrons. The molecule has 0 fully saturated rings. The van der Waals surface area contributed by atoms with Gasteiger partial charge in [-0.05, 0) is 27.2 Å². The Morgan fingerprint density at radius 2 is 1.77 bits per heavy atom. The van der Waals surface area contributed by atoms with Crippen molar-refractivity contribution >= 4 is 7.82 Å². The van der Waals surface area contributed by atoms with E-state index in [1.807, 2.05) is 20.8 Å². The standard InChI is InChI=1S/C7H17O5P/c1-7(2,3)11-5-4-6-12-13(8,9)10/h4-6H2,1-3H3,(H2,8,9,10). The average Bonchev–Trinajstić information content (AvgIpc) is 1.81. The number of hydrogen-bond acceptors (Lipinski definition) is 3. The molecule has 0 aliphatic rings. The van der Waals surface area contributed by atoms with Crippen LogP contribution in [0.5, 0.6) is 0 Å². The van der Waals surface area contributed by atoms with Gasteiger partial charge in [-0.15, -0.1) is 0 Å². The smallest absolute Gasteiger partial charge is 0.376 e. The van der Waals surface area contributed by atoms with Gasteiger partial charge in [0.2, 0.25) is 0 Å². The highest BCUT2D eigenvalue weighted by Crippen LogP contribution is 2.35. The maximum absolute atomic E-state index is 10.2. The molecule has 0 amide bonds. The maximum Gasteiger partial charge on any atom is 0.469 e. The minimum Gasteiger partial charge on any atom is -0.376 e. The van der Waals surface area contributed by atoms with Crippen LogP contribution in [-0.2, 0) is 13.8 Å². The summed E-state index contributed by atoms with van der Waals surface area (Å²) >= 11 is 0. The van der Waals surface area contributed by atoms with Gasteiger partial charge in [0.15, 0.2) is 0 Å². The van der Waals surface area contributed by atoms with Crippen LogP contribution in [0.3, 0.4) is 0 Å². The second-order valence-corrected chi connectivity index (χ2v) is 4.88. The zero-order valence-electron chi connectivity index (χ0n) is 8.19. The molecule has 0 aliphatic heterocycles. The highest BCUT2D eigenvalue weighted by atomic mass is 31.2. The lowest BCUT2D eigenvalue weighted by Crippen LogP contribution is -2.20. The van der Waals surface area contributed by atoms with Crippen LogP contribution in [0, 0.1) is 0 Å². The molecule has 0 saturated heterocycles. The van der Waals surface area contributed by atoms with E-state index in [-0.39, 0.29) is 12.2 Å². The zero-order chi connectivity index (χ0) is 10.5. The fourth-order valence-corrected chi connectivity index (χ4v) is 0.988. The van der Waals surface area contributed by atoms with Gasteiger partial charge in [0, 0.05) is 6.61 Å². The van der Waals surface area contributed by atoms with E-state index in [4.69, 9.17) is 14.5 Å². The Balaban J connectivity index is 3.33. The van der Waals surface area contributed by atoms with Gasteiger partial charge in [0.1, 0.15) is 0 Å². The largest absolute Gasteiger partial charge is 0.469 e. The maximum atomic E-state index is 10.2. The normalized spacial score (nSPS) is 13.3. The van der Waals surface area contributed by atoms with E-state index in [1.54, 1.807) is 0 Å². The lowest BCUT2D eigenvalue weighted by molar-refractivity contribution is -0.00856. The fraction of sp³-hybridized carbons (Fsp3) is 1.00. The summed E-state index contributed by atoms with van der Waals surface area (Å²) in [4.78, 5) is 16.6. The van der Waals surface area contributed by atoms with Crippen LogP contribution in [0.2, 0.25) is 0 Å². The minimum absolute atomic E-state index is 0.0142. The van der Waals surface area contributed by atoms with Crippen LogP contribution in [0.25, 0.3) is 0 Å². The van der Waals surface area contributed by atoms with E-state index < -0.39 is 7.82 Å². The molecule has 0 spiro atoms. The molecule has 80 valence electrons. The Labute approximate surface area is 78.3 Å². The Kier molecular flexibility index (Phi) is 5.10. The summed E-state index contributed by atoms with van der Waals surface area (Å²) in [6, 6.07) is 0. The van der Waals surface area contributed by atoms with E-state index in [9.17, 15) is 4.57 Å². The van der Waals surface area contributed by atoms with Gasteiger partial charge in [-0.2, -0.15) is 0 Å². The Hall–Kier alpha value is 0.0700. The molecule has 0 saturated carbocycles. The van der Waals surface area contributed by atoms with Gasteiger partial charge in [-0.25, -0.2) is 4.57 Å². The van der Waals surface area contributed by atoms with Crippen molar-refractivity contribution in [2.45, 2.75) is 32.8 Å². The van der Waals surface area contributed by atoms with Crippen molar-refractivity contribution in [3.63, 3.8) is 0 Å². The van der Waals surface area contributed by atoms with Gasteiger partial charge >= 0.3 is 7.82 Å². The Morgan fingerprint density at radius 3 is 2.15 bits per heavy atom. The van der Waals surface area contributed by atoms with Crippen molar-refractivity contribution in [3.05, 3.63) is 0 Å². The van der Waals surface area contributed by atoms with E-state index >= 15 is 0 Å². The molecular weight excluding hydrogens is 195 g/mol. The summed E-state index contributed by atoms with van der Waals surface area (Å²) in [6.45, 7) is 6.19. The predicted octanol–water partition coefficient (Wildman–Crippen LogP) is 1.30. The Bertz CT molecular complexity index is 180. The van der Waals surface area contributed by atoms with Crippen molar-refractivity contribution in [2.24, 2.45) is 0 Å². The highest BCUT2D eigenvalue weighted by molar-refractivity contribution is 7.46. The number of rotatable bonds is 5. The molecule has 0 atom stereocenters. The molecular formula is C7H17O5P. The molecule has 0 bridgehead atoms. The fourth-order valence-electron chi connectivity index (χ4n) is 0.621. The first-order valence-electron chi connectivity index (χ1n) is 4.05. The SMILES string of the molecule is CC(C)(C)OCCCOP(=O)(O)O. The van der Waals surface area contributed by atoms with Crippen LogP contribution in [-0.4, -0.2) is 28.6 Å². The number of ether oxygens (including phenoxy) is 1. The second kappa shape index (κ2) is 5.08. The molecule has 0 aromatic rings. The summed E-state index contributed by atoms with van der Waals surface area (Å²) in [6.07, 6.45) is 0.475. The van der Waals surface area contributed by atoms with E-state index in [0.717, 1.165) is 0 Å². The van der Waals surface area contributed by atoms with E-state index in [2.05, 4.69) is 4.52 Å². The van der Waals surface area contributed by atoms with E-state index in [0.29, 0.717) is 13.0 Å².